The molecular weight excluding hydrogens is 689 g/mol. The highest BCUT2D eigenvalue weighted by atomic mass is 19.1. The zero-order valence-electron chi connectivity index (χ0n) is 29.6. The second-order valence-electron chi connectivity index (χ2n) is 13.5. The van der Waals surface area contributed by atoms with E-state index in [9.17, 15) is 43.3 Å². The lowest BCUT2D eigenvalue weighted by atomic mass is 9.84. The molecule has 0 unspecified atom stereocenters. The Morgan fingerprint density at radius 1 is 0.811 bits per heavy atom. The molecule has 0 spiro atoms. The number of amides is 6. The number of carbonyl (C=O) groups is 6. The van der Waals surface area contributed by atoms with E-state index in [-0.39, 0.29) is 50.3 Å². The maximum absolute atomic E-state index is 14.4. The monoisotopic (exact) mass is 735 g/mol. The number of nitrogens with zero attached hydrogens (tertiary/aromatic N) is 2. The molecule has 6 amide bonds. The summed E-state index contributed by atoms with van der Waals surface area (Å²) in [5.74, 6) is -4.66. The predicted molar refractivity (Wildman–Crippen MR) is 191 cm³/mol. The number of hydrogen-bond acceptors (Lipinski definition) is 8. The molecule has 2 aliphatic rings. The Hall–Kier alpha value is -5.67. The van der Waals surface area contributed by atoms with Crippen LogP contribution in [-0.4, -0.2) is 83.0 Å². The molecule has 2 aromatic rings. The van der Waals surface area contributed by atoms with Gasteiger partial charge in [0.1, 0.15) is 30.0 Å². The number of nitro groups is 1. The standard InChI is InChI=1S/C37H46FN7O8/c1-44-31(22-25-11-15-27(16-12-25)45(52)53)36(50)40-19-5-8-28(34(39)48)41-32(46)17-18-33(47)42-29(20-23-6-3-2-4-7-23)35(49)43-30(37(44)51)21-24-9-13-26(38)14-10-24/h9-18,23,28-31H,2-8,19-22H2,1H3,(H2,39,48)(H,40,50)(H,41,46)(H,42,47)(H,43,49)/b18-17+/t28-,29-,30-,31-/m0/s1. The van der Waals surface area contributed by atoms with Gasteiger partial charge in [0.05, 0.1) is 4.92 Å². The Bertz CT molecular complexity index is 1680. The highest BCUT2D eigenvalue weighted by Crippen LogP contribution is 2.27. The maximum Gasteiger partial charge on any atom is 0.269 e. The molecule has 2 aromatic carbocycles. The number of rotatable bonds is 8. The number of nitrogens with one attached hydrogen (secondary N) is 4. The second-order valence-corrected chi connectivity index (χ2v) is 13.5. The molecule has 1 aliphatic carbocycles. The molecule has 284 valence electrons. The van der Waals surface area contributed by atoms with Crippen molar-refractivity contribution >= 4 is 41.1 Å². The molecule has 53 heavy (non-hydrogen) atoms. The van der Waals surface area contributed by atoms with Crippen LogP contribution in [0.1, 0.15) is 62.5 Å². The second kappa shape index (κ2) is 19.2. The average Bonchev–Trinajstić information content (AvgIpc) is 3.14. The van der Waals surface area contributed by atoms with Crippen LogP contribution in [0.5, 0.6) is 0 Å². The minimum Gasteiger partial charge on any atom is -0.368 e. The number of primary amides is 1. The van der Waals surface area contributed by atoms with Gasteiger partial charge in [-0.15, -0.1) is 0 Å². The van der Waals surface area contributed by atoms with Gasteiger partial charge in [-0.2, -0.15) is 0 Å². The summed E-state index contributed by atoms with van der Waals surface area (Å²) < 4.78 is 13.8. The topological polar surface area (TPSA) is 223 Å². The molecule has 6 N–H and O–H groups in total. The third-order valence-corrected chi connectivity index (χ3v) is 9.60. The van der Waals surface area contributed by atoms with Crippen LogP contribution in [0.2, 0.25) is 0 Å². The van der Waals surface area contributed by atoms with Crippen LogP contribution in [0.3, 0.4) is 0 Å². The number of carbonyl (C=O) groups excluding carboxylic acids is 6. The molecule has 1 heterocycles. The van der Waals surface area contributed by atoms with Gasteiger partial charge in [0.2, 0.25) is 35.4 Å². The zero-order valence-corrected chi connectivity index (χ0v) is 29.6. The average molecular weight is 736 g/mol. The van der Waals surface area contributed by atoms with Crippen LogP contribution in [-0.2, 0) is 41.6 Å². The maximum atomic E-state index is 14.4. The fraction of sp³-hybridized carbons (Fsp3) is 0.459. The van der Waals surface area contributed by atoms with Crippen molar-refractivity contribution in [3.05, 3.63) is 87.7 Å². The fourth-order valence-electron chi connectivity index (χ4n) is 6.61. The van der Waals surface area contributed by atoms with Crippen LogP contribution in [0.15, 0.2) is 60.7 Å². The van der Waals surface area contributed by atoms with Gasteiger partial charge in [-0.05, 0) is 48.4 Å². The number of hydrogen-bond donors (Lipinski definition) is 5. The van der Waals surface area contributed by atoms with Gasteiger partial charge in [0.25, 0.3) is 5.69 Å². The van der Waals surface area contributed by atoms with Gasteiger partial charge in [-0.25, -0.2) is 4.39 Å². The molecule has 15 nitrogen and oxygen atoms in total. The number of halogens is 1. The first-order valence-corrected chi connectivity index (χ1v) is 17.7. The van der Waals surface area contributed by atoms with Gasteiger partial charge < -0.3 is 31.9 Å². The predicted octanol–water partition coefficient (Wildman–Crippen LogP) is 1.72. The molecule has 0 saturated heterocycles. The number of nitrogens with two attached hydrogens (primary N) is 1. The Morgan fingerprint density at radius 3 is 2.04 bits per heavy atom. The lowest BCUT2D eigenvalue weighted by Crippen LogP contribution is -2.58. The summed E-state index contributed by atoms with van der Waals surface area (Å²) in [7, 11) is 1.40. The third-order valence-electron chi connectivity index (χ3n) is 9.60. The number of nitro benzene ring substituents is 1. The van der Waals surface area contributed by atoms with E-state index in [1.165, 1.54) is 60.5 Å². The van der Waals surface area contributed by atoms with Crippen LogP contribution < -0.4 is 27.0 Å². The van der Waals surface area contributed by atoms with Crippen LogP contribution >= 0.6 is 0 Å². The summed E-state index contributed by atoms with van der Waals surface area (Å²) in [6.45, 7) is 0.0219. The third kappa shape index (κ3) is 12.2. The minimum absolute atomic E-state index is 0.0219. The summed E-state index contributed by atoms with van der Waals surface area (Å²) in [6, 6.07) is 6.23. The van der Waals surface area contributed by atoms with Crippen molar-refractivity contribution in [2.75, 3.05) is 13.6 Å². The van der Waals surface area contributed by atoms with Gasteiger partial charge in [-0.3, -0.25) is 38.9 Å². The Kier molecular flexibility index (Phi) is 14.6. The van der Waals surface area contributed by atoms with E-state index in [0.717, 1.165) is 44.3 Å². The number of benzene rings is 2. The van der Waals surface area contributed by atoms with Crippen molar-refractivity contribution in [1.29, 1.82) is 0 Å². The van der Waals surface area contributed by atoms with Crippen molar-refractivity contribution in [2.24, 2.45) is 11.7 Å². The smallest absolute Gasteiger partial charge is 0.269 e. The van der Waals surface area contributed by atoms with Crippen LogP contribution in [0.25, 0.3) is 0 Å². The summed E-state index contributed by atoms with van der Waals surface area (Å²) >= 11 is 0. The van der Waals surface area contributed by atoms with Crippen molar-refractivity contribution in [3.8, 4) is 0 Å². The summed E-state index contributed by atoms with van der Waals surface area (Å²) in [4.78, 5) is 91.9. The van der Waals surface area contributed by atoms with Crippen molar-refractivity contribution in [3.63, 3.8) is 0 Å². The van der Waals surface area contributed by atoms with Crippen molar-refractivity contribution < 1.29 is 38.1 Å². The molecule has 1 aliphatic heterocycles. The highest BCUT2D eigenvalue weighted by molar-refractivity contribution is 6.00. The summed E-state index contributed by atoms with van der Waals surface area (Å²) in [6.07, 6.45) is 6.89. The number of non-ortho nitro benzene ring substituents is 1. The minimum atomic E-state index is -1.27. The number of likely N-dealkylation sites (N-methyl/N-ethyl adjacent to an activating group) is 1. The summed E-state index contributed by atoms with van der Waals surface area (Å²) in [5, 5.41) is 21.9. The Balaban J connectivity index is 1.71. The largest absolute Gasteiger partial charge is 0.368 e. The normalized spacial score (nSPS) is 23.7. The van der Waals surface area contributed by atoms with Gasteiger partial charge >= 0.3 is 0 Å². The van der Waals surface area contributed by atoms with E-state index in [0.29, 0.717) is 11.1 Å². The molecular formula is C37H46FN7O8. The fourth-order valence-corrected chi connectivity index (χ4v) is 6.61. The highest BCUT2D eigenvalue weighted by Gasteiger charge is 2.35. The quantitative estimate of drug-likeness (QED) is 0.198. The van der Waals surface area contributed by atoms with Crippen LogP contribution in [0.4, 0.5) is 10.1 Å². The van der Waals surface area contributed by atoms with E-state index in [4.69, 9.17) is 5.73 Å². The summed E-state index contributed by atoms with van der Waals surface area (Å²) in [5.41, 5.74) is 6.36. The van der Waals surface area contributed by atoms with E-state index in [1.807, 2.05) is 0 Å². The molecule has 4 atom stereocenters. The van der Waals surface area contributed by atoms with Crippen molar-refractivity contribution in [1.82, 2.24) is 26.2 Å². The molecule has 0 aromatic heterocycles. The molecule has 16 heteroatoms. The van der Waals surface area contributed by atoms with E-state index >= 15 is 0 Å². The first kappa shape index (κ1) is 40.1. The van der Waals surface area contributed by atoms with Crippen molar-refractivity contribution in [2.45, 2.75) is 88.4 Å². The van der Waals surface area contributed by atoms with E-state index in [2.05, 4.69) is 21.3 Å². The van der Waals surface area contributed by atoms with Gasteiger partial charge in [0.15, 0.2) is 0 Å². The molecule has 0 bridgehead atoms. The van der Waals surface area contributed by atoms with Crippen LogP contribution in [0, 0.1) is 21.8 Å². The SMILES string of the molecule is CN1C(=O)[C@H](Cc2ccc(F)cc2)NC(=O)[C@H](CC2CCCCC2)NC(=O)/C=C/C(=O)N[C@H](C(N)=O)CCCNC(=O)[C@@H]1Cc1ccc([N+](=O)[O-])cc1. The van der Waals surface area contributed by atoms with E-state index < -0.39 is 70.4 Å². The molecule has 1 fully saturated rings. The Morgan fingerprint density at radius 2 is 1.42 bits per heavy atom. The zero-order chi connectivity index (χ0) is 38.5. The first-order chi connectivity index (χ1) is 25.3. The van der Waals surface area contributed by atoms with E-state index in [1.54, 1.807) is 0 Å². The Labute approximate surface area is 306 Å². The molecule has 4 rings (SSSR count). The lowest BCUT2D eigenvalue weighted by molar-refractivity contribution is -0.384. The lowest BCUT2D eigenvalue weighted by Gasteiger charge is -2.32. The first-order valence-electron chi connectivity index (χ1n) is 17.7. The molecule has 1 saturated carbocycles. The van der Waals surface area contributed by atoms with Gasteiger partial charge in [-0.1, -0.05) is 56.4 Å². The van der Waals surface area contributed by atoms with Gasteiger partial charge in [0, 0.05) is 50.7 Å². The molecule has 0 radical (unpaired) electrons.